The summed E-state index contributed by atoms with van der Waals surface area (Å²) in [6, 6.07) is 13.6. The Morgan fingerprint density at radius 3 is 1.93 bits per heavy atom. The standard InChI is InChI=1S/C22H20BrClO5/c1-3-28-20(26)22(21(27)29-4-2)17(13-7-11-16(24)12-8-13)18(22)19(25)14-5-9-15(23)10-6-14/h5-12,17-18H,3-4H2,1-2H3/t17-,18+/m1/s1. The summed E-state index contributed by atoms with van der Waals surface area (Å²) in [5.41, 5.74) is -0.636. The first kappa shape index (κ1) is 21.5. The fourth-order valence-corrected chi connectivity index (χ4v) is 4.15. The molecule has 0 amide bonds. The molecule has 0 aliphatic heterocycles. The Bertz CT molecular complexity index is 905. The highest BCUT2D eigenvalue weighted by atomic mass is 79.9. The first-order valence-electron chi connectivity index (χ1n) is 9.27. The largest absolute Gasteiger partial charge is 0.465 e. The van der Waals surface area contributed by atoms with Crippen LogP contribution in [0, 0.1) is 11.3 Å². The summed E-state index contributed by atoms with van der Waals surface area (Å²) in [6.45, 7) is 3.49. The maximum atomic E-state index is 13.3. The first-order chi connectivity index (χ1) is 13.9. The van der Waals surface area contributed by atoms with Crippen LogP contribution in [0.4, 0.5) is 0 Å². The monoisotopic (exact) mass is 478 g/mol. The molecule has 5 nitrogen and oxygen atoms in total. The van der Waals surface area contributed by atoms with Gasteiger partial charge in [0.2, 0.25) is 0 Å². The molecule has 0 bridgehead atoms. The van der Waals surface area contributed by atoms with Gasteiger partial charge in [0.25, 0.3) is 0 Å². The second kappa shape index (κ2) is 8.67. The van der Waals surface area contributed by atoms with Gasteiger partial charge in [-0.05, 0) is 43.7 Å². The number of benzene rings is 2. The van der Waals surface area contributed by atoms with Crippen LogP contribution < -0.4 is 0 Å². The summed E-state index contributed by atoms with van der Waals surface area (Å²) in [4.78, 5) is 39.3. The summed E-state index contributed by atoms with van der Waals surface area (Å²) >= 11 is 9.33. The van der Waals surface area contributed by atoms with Crippen molar-refractivity contribution in [2.75, 3.05) is 13.2 Å². The quantitative estimate of drug-likeness (QED) is 0.324. The minimum absolute atomic E-state index is 0.0898. The van der Waals surface area contributed by atoms with E-state index >= 15 is 0 Å². The van der Waals surface area contributed by atoms with Gasteiger partial charge in [0.15, 0.2) is 11.2 Å². The van der Waals surface area contributed by atoms with Gasteiger partial charge in [0.05, 0.1) is 19.1 Å². The van der Waals surface area contributed by atoms with Crippen molar-refractivity contribution in [3.8, 4) is 0 Å². The summed E-state index contributed by atoms with van der Waals surface area (Å²) in [5, 5.41) is 0.517. The summed E-state index contributed by atoms with van der Waals surface area (Å²) in [6.07, 6.45) is 0. The average Bonchev–Trinajstić information content (AvgIpc) is 3.40. The smallest absolute Gasteiger partial charge is 0.324 e. The van der Waals surface area contributed by atoms with Gasteiger partial charge in [-0.2, -0.15) is 0 Å². The molecule has 0 radical (unpaired) electrons. The van der Waals surface area contributed by atoms with Crippen molar-refractivity contribution in [1.82, 2.24) is 0 Å². The Morgan fingerprint density at radius 2 is 1.45 bits per heavy atom. The maximum Gasteiger partial charge on any atom is 0.324 e. The van der Waals surface area contributed by atoms with Gasteiger partial charge >= 0.3 is 11.9 Å². The average molecular weight is 480 g/mol. The van der Waals surface area contributed by atoms with Crippen molar-refractivity contribution in [2.24, 2.45) is 11.3 Å². The molecule has 3 rings (SSSR count). The molecule has 0 unspecified atom stereocenters. The molecule has 1 fully saturated rings. The van der Waals surface area contributed by atoms with Gasteiger partial charge in [-0.25, -0.2) is 0 Å². The van der Waals surface area contributed by atoms with Gasteiger partial charge in [-0.15, -0.1) is 0 Å². The number of ether oxygens (including phenoxy) is 2. The van der Waals surface area contributed by atoms with E-state index in [-0.39, 0.29) is 19.0 Å². The molecule has 1 saturated carbocycles. The van der Waals surface area contributed by atoms with Crippen LogP contribution in [-0.4, -0.2) is 30.9 Å². The van der Waals surface area contributed by atoms with Crippen molar-refractivity contribution < 1.29 is 23.9 Å². The summed E-state index contributed by atoms with van der Waals surface area (Å²) in [7, 11) is 0. The van der Waals surface area contributed by atoms with Gasteiger partial charge < -0.3 is 9.47 Å². The Morgan fingerprint density at radius 1 is 0.931 bits per heavy atom. The van der Waals surface area contributed by atoms with Crippen LogP contribution in [-0.2, 0) is 19.1 Å². The third-order valence-electron chi connectivity index (χ3n) is 5.07. The van der Waals surface area contributed by atoms with E-state index in [2.05, 4.69) is 15.9 Å². The summed E-state index contributed by atoms with van der Waals surface area (Å²) < 4.78 is 11.3. The third-order valence-corrected chi connectivity index (χ3v) is 5.85. The Balaban J connectivity index is 2.10. The SMILES string of the molecule is CCOC(=O)C1(C(=O)OCC)[C@H](C(=O)c2ccc(Br)cc2)[C@H]1c1ccc(Cl)cc1. The number of hydrogen-bond donors (Lipinski definition) is 0. The predicted molar refractivity (Wildman–Crippen MR) is 112 cm³/mol. The number of halogens is 2. The lowest BCUT2D eigenvalue weighted by atomic mass is 9.97. The fourth-order valence-electron chi connectivity index (χ4n) is 3.76. The number of Topliss-reactive ketones (excluding diaryl/α,β-unsaturated/α-hetero) is 1. The molecular formula is C22H20BrClO5. The maximum absolute atomic E-state index is 13.3. The molecule has 1 aliphatic rings. The Hall–Kier alpha value is -2.18. The van der Waals surface area contributed by atoms with Crippen LogP contribution in [0.1, 0.15) is 35.7 Å². The summed E-state index contributed by atoms with van der Waals surface area (Å²) in [5.74, 6) is -3.39. The number of hydrogen-bond acceptors (Lipinski definition) is 5. The highest BCUT2D eigenvalue weighted by Gasteiger charge is 2.79. The van der Waals surface area contributed by atoms with Crippen LogP contribution in [0.5, 0.6) is 0 Å². The molecule has 7 heteroatoms. The van der Waals surface area contributed by atoms with Crippen molar-refractivity contribution in [2.45, 2.75) is 19.8 Å². The molecule has 0 N–H and O–H groups in total. The van der Waals surface area contributed by atoms with Crippen LogP contribution >= 0.6 is 27.5 Å². The first-order valence-corrected chi connectivity index (χ1v) is 10.4. The zero-order valence-electron chi connectivity index (χ0n) is 16.0. The molecular weight excluding hydrogens is 460 g/mol. The predicted octanol–water partition coefficient (Wildman–Crippen LogP) is 4.81. The highest BCUT2D eigenvalue weighted by molar-refractivity contribution is 9.10. The Labute approximate surface area is 182 Å². The lowest BCUT2D eigenvalue weighted by Gasteiger charge is -2.15. The molecule has 152 valence electrons. The van der Waals surface area contributed by atoms with Crippen LogP contribution in [0.25, 0.3) is 0 Å². The van der Waals surface area contributed by atoms with E-state index in [1.54, 1.807) is 62.4 Å². The normalized spacial score (nSPS) is 19.3. The second-order valence-electron chi connectivity index (χ2n) is 6.69. The van der Waals surface area contributed by atoms with Crippen LogP contribution in [0.15, 0.2) is 53.0 Å². The van der Waals surface area contributed by atoms with E-state index in [0.29, 0.717) is 16.1 Å². The van der Waals surface area contributed by atoms with E-state index in [9.17, 15) is 14.4 Å². The molecule has 1 aliphatic carbocycles. The molecule has 29 heavy (non-hydrogen) atoms. The van der Waals surface area contributed by atoms with E-state index < -0.39 is 29.2 Å². The molecule has 0 saturated heterocycles. The van der Waals surface area contributed by atoms with Gasteiger partial charge in [-0.1, -0.05) is 51.8 Å². The molecule has 0 spiro atoms. The van der Waals surface area contributed by atoms with Crippen molar-refractivity contribution >= 4 is 45.3 Å². The zero-order chi connectivity index (χ0) is 21.2. The van der Waals surface area contributed by atoms with E-state index in [1.165, 1.54) is 0 Å². The van der Waals surface area contributed by atoms with E-state index in [0.717, 1.165) is 4.47 Å². The molecule has 0 aromatic heterocycles. The van der Waals surface area contributed by atoms with Crippen molar-refractivity contribution in [1.29, 1.82) is 0 Å². The highest BCUT2D eigenvalue weighted by Crippen LogP contribution is 2.67. The minimum atomic E-state index is -1.70. The number of carbonyl (C=O) groups is 3. The topological polar surface area (TPSA) is 69.7 Å². The third kappa shape index (κ3) is 3.83. The number of ketones is 1. The lowest BCUT2D eigenvalue weighted by Crippen LogP contribution is -2.34. The van der Waals surface area contributed by atoms with Gasteiger partial charge in [0, 0.05) is 21.0 Å². The molecule has 2 aromatic carbocycles. The zero-order valence-corrected chi connectivity index (χ0v) is 18.3. The van der Waals surface area contributed by atoms with Crippen LogP contribution in [0.2, 0.25) is 5.02 Å². The van der Waals surface area contributed by atoms with E-state index in [1.807, 2.05) is 0 Å². The minimum Gasteiger partial charge on any atom is -0.465 e. The number of esters is 2. The second-order valence-corrected chi connectivity index (χ2v) is 8.04. The van der Waals surface area contributed by atoms with E-state index in [4.69, 9.17) is 21.1 Å². The van der Waals surface area contributed by atoms with Crippen molar-refractivity contribution in [3.05, 3.63) is 69.2 Å². The molecule has 2 aromatic rings. The lowest BCUT2D eigenvalue weighted by molar-refractivity contribution is -0.165. The number of carbonyl (C=O) groups excluding carboxylic acids is 3. The Kier molecular flexibility index (Phi) is 6.44. The molecule has 0 heterocycles. The number of rotatable bonds is 7. The van der Waals surface area contributed by atoms with Gasteiger partial charge in [0.1, 0.15) is 0 Å². The van der Waals surface area contributed by atoms with Crippen molar-refractivity contribution in [3.63, 3.8) is 0 Å². The van der Waals surface area contributed by atoms with Crippen LogP contribution in [0.3, 0.4) is 0 Å². The van der Waals surface area contributed by atoms with Gasteiger partial charge in [-0.3, -0.25) is 14.4 Å². The molecule has 2 atom stereocenters. The fraction of sp³-hybridized carbons (Fsp3) is 0.318.